The van der Waals surface area contributed by atoms with E-state index in [-0.39, 0.29) is 47.8 Å². The number of carbonyl (C=O) groups is 3. The summed E-state index contributed by atoms with van der Waals surface area (Å²) in [5.41, 5.74) is 7.40. The van der Waals surface area contributed by atoms with E-state index in [0.29, 0.717) is 17.7 Å². The number of nitrogens with one attached hydrogen (secondary N) is 1. The fourth-order valence-electron chi connectivity index (χ4n) is 4.09. The van der Waals surface area contributed by atoms with Crippen LogP contribution in [0.25, 0.3) is 0 Å². The zero-order chi connectivity index (χ0) is 19.7. The molecule has 0 atom stereocenters. The van der Waals surface area contributed by atoms with Gasteiger partial charge in [0, 0.05) is 12.1 Å². The first kappa shape index (κ1) is 21.0. The quantitative estimate of drug-likeness (QED) is 0.737. The molecule has 0 unspecified atom stereocenters. The van der Waals surface area contributed by atoms with Crippen LogP contribution in [0.5, 0.6) is 0 Å². The largest absolute Gasteiger partial charge is 0.345 e. The highest BCUT2D eigenvalue weighted by Crippen LogP contribution is 2.30. The van der Waals surface area contributed by atoms with E-state index in [1.807, 2.05) is 30.3 Å². The maximum absolute atomic E-state index is 12.8. The van der Waals surface area contributed by atoms with Crippen LogP contribution in [0.2, 0.25) is 0 Å². The molecule has 0 saturated heterocycles. The van der Waals surface area contributed by atoms with Crippen molar-refractivity contribution in [3.05, 3.63) is 70.8 Å². The number of rotatable bonds is 5. The van der Waals surface area contributed by atoms with E-state index in [9.17, 15) is 14.4 Å². The van der Waals surface area contributed by atoms with E-state index in [1.165, 1.54) is 11.0 Å². The molecule has 1 aliphatic heterocycles. The molecule has 1 saturated carbocycles. The van der Waals surface area contributed by atoms with Gasteiger partial charge in [-0.2, -0.15) is 0 Å². The van der Waals surface area contributed by atoms with E-state index < -0.39 is 0 Å². The normalized spacial score (nSPS) is 17.1. The Balaban J connectivity index is 0.00000240. The second-order valence-corrected chi connectivity index (χ2v) is 7.59. The molecule has 29 heavy (non-hydrogen) atoms. The minimum absolute atomic E-state index is 0. The third-order valence-electron chi connectivity index (χ3n) is 5.75. The first-order chi connectivity index (χ1) is 13.5. The number of carbonyl (C=O) groups excluding carboxylic acids is 3. The van der Waals surface area contributed by atoms with Crippen LogP contribution in [0.3, 0.4) is 0 Å². The molecule has 0 aromatic heterocycles. The summed E-state index contributed by atoms with van der Waals surface area (Å²) in [6.07, 6.45) is 3.82. The lowest BCUT2D eigenvalue weighted by molar-refractivity contribution is 0.0642. The summed E-state index contributed by atoms with van der Waals surface area (Å²) in [7, 11) is 0. The fourth-order valence-corrected chi connectivity index (χ4v) is 4.09. The summed E-state index contributed by atoms with van der Waals surface area (Å²) in [4.78, 5) is 39.4. The van der Waals surface area contributed by atoms with Gasteiger partial charge in [0.05, 0.1) is 23.2 Å². The highest BCUT2D eigenvalue weighted by atomic mass is 35.5. The topological polar surface area (TPSA) is 92.5 Å². The third kappa shape index (κ3) is 3.91. The van der Waals surface area contributed by atoms with Crippen molar-refractivity contribution in [2.45, 2.75) is 37.8 Å². The lowest BCUT2D eigenvalue weighted by atomic mass is 9.96. The Labute approximate surface area is 175 Å². The van der Waals surface area contributed by atoms with Crippen LogP contribution in [-0.2, 0) is 6.54 Å². The van der Waals surface area contributed by atoms with Crippen molar-refractivity contribution in [2.75, 3.05) is 6.54 Å². The summed E-state index contributed by atoms with van der Waals surface area (Å²) in [5, 5.41) is 3.05. The molecular weight excluding hydrogens is 390 g/mol. The predicted octanol–water partition coefficient (Wildman–Crippen LogP) is 2.91. The Hall–Kier alpha value is -2.70. The molecule has 152 valence electrons. The van der Waals surface area contributed by atoms with E-state index in [0.717, 1.165) is 31.2 Å². The molecule has 2 aliphatic rings. The molecule has 0 spiro atoms. The number of imide groups is 1. The number of benzene rings is 2. The fraction of sp³-hybridized carbons (Fsp3) is 0.318. The zero-order valence-corrected chi connectivity index (χ0v) is 16.8. The maximum Gasteiger partial charge on any atom is 0.261 e. The van der Waals surface area contributed by atoms with Gasteiger partial charge in [-0.05, 0) is 36.6 Å². The molecule has 1 aliphatic carbocycles. The van der Waals surface area contributed by atoms with Gasteiger partial charge >= 0.3 is 0 Å². The first-order valence-corrected chi connectivity index (χ1v) is 9.60. The molecule has 6 nitrogen and oxygen atoms in total. The lowest BCUT2D eigenvalue weighted by Gasteiger charge is -2.28. The van der Waals surface area contributed by atoms with Crippen LogP contribution in [0, 0.1) is 0 Å². The van der Waals surface area contributed by atoms with E-state index in [4.69, 9.17) is 5.73 Å². The van der Waals surface area contributed by atoms with Crippen molar-refractivity contribution >= 4 is 30.1 Å². The second kappa shape index (κ2) is 8.35. The summed E-state index contributed by atoms with van der Waals surface area (Å²) in [6.45, 7) is 0.608. The molecule has 7 heteroatoms. The molecule has 3 amide bonds. The minimum atomic E-state index is -0.368. The Morgan fingerprint density at radius 2 is 1.66 bits per heavy atom. The van der Waals surface area contributed by atoms with Gasteiger partial charge in [0.15, 0.2) is 0 Å². The standard InChI is InChI=1S/C22H23N3O3.ClH/c23-14-22(10-4-5-11-22)24-19(26)16-8-9-17-18(12-16)21(28)25(20(17)27)13-15-6-2-1-3-7-15;/h1-3,6-9,12H,4-5,10-11,13-14,23H2,(H,24,26);1H. The number of hydrogen-bond acceptors (Lipinski definition) is 4. The monoisotopic (exact) mass is 413 g/mol. The average molecular weight is 414 g/mol. The Morgan fingerprint density at radius 1 is 1.00 bits per heavy atom. The minimum Gasteiger partial charge on any atom is -0.345 e. The van der Waals surface area contributed by atoms with E-state index >= 15 is 0 Å². The zero-order valence-electron chi connectivity index (χ0n) is 16.0. The number of halogens is 1. The SMILES string of the molecule is Cl.NCC1(NC(=O)c2ccc3c(c2)C(=O)N(Cc2ccccc2)C3=O)CCCC1. The Kier molecular flexibility index (Phi) is 6.05. The molecule has 0 bridgehead atoms. The van der Waals surface area contributed by atoms with Crippen molar-refractivity contribution in [1.29, 1.82) is 0 Å². The first-order valence-electron chi connectivity index (χ1n) is 9.60. The summed E-state index contributed by atoms with van der Waals surface area (Å²) in [6, 6.07) is 14.1. The molecule has 0 radical (unpaired) electrons. The van der Waals surface area contributed by atoms with Crippen LogP contribution >= 0.6 is 12.4 Å². The summed E-state index contributed by atoms with van der Waals surface area (Å²) in [5.74, 6) is -0.949. The van der Waals surface area contributed by atoms with Crippen molar-refractivity contribution in [3.8, 4) is 0 Å². The van der Waals surface area contributed by atoms with Gasteiger partial charge in [-0.25, -0.2) is 0 Å². The van der Waals surface area contributed by atoms with Crippen molar-refractivity contribution in [3.63, 3.8) is 0 Å². The van der Waals surface area contributed by atoms with Crippen molar-refractivity contribution in [2.24, 2.45) is 5.73 Å². The average Bonchev–Trinajstić information content (AvgIpc) is 3.28. The van der Waals surface area contributed by atoms with E-state index in [2.05, 4.69) is 5.32 Å². The molecule has 4 rings (SSSR count). The van der Waals surface area contributed by atoms with Crippen LogP contribution in [-0.4, -0.2) is 34.7 Å². The van der Waals surface area contributed by atoms with Crippen LogP contribution < -0.4 is 11.1 Å². The third-order valence-corrected chi connectivity index (χ3v) is 5.75. The second-order valence-electron chi connectivity index (χ2n) is 7.59. The van der Waals surface area contributed by atoms with Gasteiger partial charge in [0.2, 0.25) is 0 Å². The van der Waals surface area contributed by atoms with Crippen LogP contribution in [0.15, 0.2) is 48.5 Å². The maximum atomic E-state index is 12.8. The van der Waals surface area contributed by atoms with Gasteiger partial charge in [-0.3, -0.25) is 19.3 Å². The van der Waals surface area contributed by atoms with E-state index in [1.54, 1.807) is 12.1 Å². The molecule has 3 N–H and O–H groups in total. The Morgan fingerprint density at radius 3 is 2.31 bits per heavy atom. The van der Waals surface area contributed by atoms with Gasteiger partial charge in [0.1, 0.15) is 0 Å². The molecule has 2 aromatic carbocycles. The van der Waals surface area contributed by atoms with Crippen molar-refractivity contribution < 1.29 is 14.4 Å². The highest BCUT2D eigenvalue weighted by molar-refractivity contribution is 6.22. The van der Waals surface area contributed by atoms with Gasteiger partial charge < -0.3 is 11.1 Å². The predicted molar refractivity (Wildman–Crippen MR) is 112 cm³/mol. The highest BCUT2D eigenvalue weighted by Gasteiger charge is 2.37. The number of nitrogens with two attached hydrogens (primary N) is 1. The smallest absolute Gasteiger partial charge is 0.261 e. The molecule has 1 fully saturated rings. The number of hydrogen-bond donors (Lipinski definition) is 2. The lowest BCUT2D eigenvalue weighted by Crippen LogP contribution is -2.51. The number of nitrogens with zero attached hydrogens (tertiary/aromatic N) is 1. The molecule has 1 heterocycles. The van der Waals surface area contributed by atoms with Gasteiger partial charge in [0.25, 0.3) is 17.7 Å². The van der Waals surface area contributed by atoms with Crippen molar-refractivity contribution in [1.82, 2.24) is 10.2 Å². The number of amides is 3. The molecular formula is C22H24ClN3O3. The number of fused-ring (bicyclic) bond motifs is 1. The summed E-state index contributed by atoms with van der Waals surface area (Å²) < 4.78 is 0. The van der Waals surface area contributed by atoms with Crippen LogP contribution in [0.1, 0.15) is 62.3 Å². The molecule has 2 aromatic rings. The van der Waals surface area contributed by atoms with Crippen LogP contribution in [0.4, 0.5) is 0 Å². The van der Waals surface area contributed by atoms with Gasteiger partial charge in [-0.15, -0.1) is 12.4 Å². The Bertz CT molecular complexity index is 940. The van der Waals surface area contributed by atoms with Gasteiger partial charge in [-0.1, -0.05) is 43.2 Å². The summed E-state index contributed by atoms with van der Waals surface area (Å²) >= 11 is 0.